The molecule has 0 atom stereocenters. The second-order valence-electron chi connectivity index (χ2n) is 4.41. The van der Waals surface area contributed by atoms with E-state index in [1.165, 1.54) is 0 Å². The zero-order chi connectivity index (χ0) is 12.5. The summed E-state index contributed by atoms with van der Waals surface area (Å²) in [7, 11) is 1.56. The number of carbonyl (C=O) groups excluding carboxylic acids is 1. The van der Waals surface area contributed by atoms with Crippen LogP contribution < -0.4 is 4.74 Å². The summed E-state index contributed by atoms with van der Waals surface area (Å²) in [6, 6.07) is 5.18. The third-order valence-electron chi connectivity index (χ3n) is 3.30. The summed E-state index contributed by atoms with van der Waals surface area (Å²) in [5.74, 6) is 0.821. The number of benzene rings is 1. The molecule has 1 aromatic rings. The number of halogens is 1. The van der Waals surface area contributed by atoms with Gasteiger partial charge in [0.25, 0.3) is 0 Å². The van der Waals surface area contributed by atoms with E-state index in [0.717, 1.165) is 0 Å². The van der Waals surface area contributed by atoms with Gasteiger partial charge in [-0.25, -0.2) is 0 Å². The van der Waals surface area contributed by atoms with Crippen molar-refractivity contribution < 1.29 is 14.6 Å². The third-order valence-corrected chi connectivity index (χ3v) is 3.53. The first-order valence-corrected chi connectivity index (χ1v) is 6.01. The molecular formula is C13H15ClO3. The molecule has 0 bridgehead atoms. The second-order valence-corrected chi connectivity index (χ2v) is 4.85. The first kappa shape index (κ1) is 12.4. The molecule has 0 aromatic heterocycles. The number of methoxy groups -OCH3 is 1. The SMILES string of the molecule is COc1ccc(Cl)cc1C1(O)CCC(=O)CC1. The van der Waals surface area contributed by atoms with Crippen LogP contribution in [0.15, 0.2) is 18.2 Å². The Labute approximate surface area is 105 Å². The molecule has 1 saturated carbocycles. The van der Waals surface area contributed by atoms with Crippen molar-refractivity contribution in [3.05, 3.63) is 28.8 Å². The third kappa shape index (κ3) is 2.45. The van der Waals surface area contributed by atoms with E-state index >= 15 is 0 Å². The molecule has 1 N–H and O–H groups in total. The molecule has 0 radical (unpaired) electrons. The van der Waals surface area contributed by atoms with Crippen molar-refractivity contribution in [2.45, 2.75) is 31.3 Å². The van der Waals surface area contributed by atoms with Crippen molar-refractivity contribution in [3.63, 3.8) is 0 Å². The van der Waals surface area contributed by atoms with Gasteiger partial charge in [-0.15, -0.1) is 0 Å². The van der Waals surface area contributed by atoms with Crippen molar-refractivity contribution in [1.29, 1.82) is 0 Å². The average Bonchev–Trinajstić information content (AvgIpc) is 2.33. The van der Waals surface area contributed by atoms with E-state index in [9.17, 15) is 9.90 Å². The Morgan fingerprint density at radius 2 is 2.00 bits per heavy atom. The van der Waals surface area contributed by atoms with Crippen LogP contribution in [0, 0.1) is 0 Å². The topological polar surface area (TPSA) is 46.5 Å². The van der Waals surface area contributed by atoms with Crippen LogP contribution in [-0.4, -0.2) is 18.0 Å². The van der Waals surface area contributed by atoms with Crippen molar-refractivity contribution >= 4 is 17.4 Å². The van der Waals surface area contributed by atoms with Gasteiger partial charge in [-0.1, -0.05) is 11.6 Å². The van der Waals surface area contributed by atoms with Gasteiger partial charge in [0.15, 0.2) is 0 Å². The molecule has 0 heterocycles. The number of ketones is 1. The normalized spacial score (nSPS) is 19.1. The van der Waals surface area contributed by atoms with E-state index in [-0.39, 0.29) is 5.78 Å². The van der Waals surface area contributed by atoms with Crippen LogP contribution in [0.4, 0.5) is 0 Å². The molecule has 1 aliphatic rings. The molecule has 92 valence electrons. The van der Waals surface area contributed by atoms with Crippen LogP contribution in [0.25, 0.3) is 0 Å². The minimum absolute atomic E-state index is 0.204. The number of carbonyl (C=O) groups is 1. The van der Waals surface area contributed by atoms with Gasteiger partial charge in [0, 0.05) is 23.4 Å². The van der Waals surface area contributed by atoms with Crippen LogP contribution in [0.1, 0.15) is 31.2 Å². The predicted octanol–water partition coefficient (Wildman–Crippen LogP) is 2.68. The Balaban J connectivity index is 2.38. The van der Waals surface area contributed by atoms with Crippen LogP contribution in [0.2, 0.25) is 5.02 Å². The van der Waals surface area contributed by atoms with Crippen LogP contribution in [0.5, 0.6) is 5.75 Å². The minimum Gasteiger partial charge on any atom is -0.496 e. The molecule has 0 saturated heterocycles. The fourth-order valence-corrected chi connectivity index (χ4v) is 2.43. The Morgan fingerprint density at radius 1 is 1.35 bits per heavy atom. The zero-order valence-corrected chi connectivity index (χ0v) is 10.5. The summed E-state index contributed by atoms with van der Waals surface area (Å²) in [5, 5.41) is 11.2. The highest BCUT2D eigenvalue weighted by molar-refractivity contribution is 6.30. The second kappa shape index (κ2) is 4.67. The molecule has 0 spiro atoms. The fraction of sp³-hybridized carbons (Fsp3) is 0.462. The maximum Gasteiger partial charge on any atom is 0.133 e. The van der Waals surface area contributed by atoms with Crippen molar-refractivity contribution in [1.82, 2.24) is 0 Å². The molecule has 1 fully saturated rings. The first-order valence-electron chi connectivity index (χ1n) is 5.63. The monoisotopic (exact) mass is 254 g/mol. The predicted molar refractivity (Wildman–Crippen MR) is 65.4 cm³/mol. The molecule has 17 heavy (non-hydrogen) atoms. The number of Topliss-reactive ketones (excluding diaryl/α,β-unsaturated/α-hetero) is 1. The van der Waals surface area contributed by atoms with Gasteiger partial charge < -0.3 is 9.84 Å². The van der Waals surface area contributed by atoms with Crippen molar-refractivity contribution in [3.8, 4) is 5.75 Å². The summed E-state index contributed by atoms with van der Waals surface area (Å²) in [4.78, 5) is 11.2. The van der Waals surface area contributed by atoms with Gasteiger partial charge in [-0.05, 0) is 31.0 Å². The molecule has 0 unspecified atom stereocenters. The summed E-state index contributed by atoms with van der Waals surface area (Å²) in [5.41, 5.74) is -0.315. The van der Waals surface area contributed by atoms with E-state index in [2.05, 4.69) is 0 Å². The molecule has 0 aliphatic heterocycles. The molecule has 4 heteroatoms. The zero-order valence-electron chi connectivity index (χ0n) is 9.70. The molecule has 1 aromatic carbocycles. The summed E-state index contributed by atoms with van der Waals surface area (Å²) >= 11 is 5.95. The largest absolute Gasteiger partial charge is 0.496 e. The Kier molecular flexibility index (Phi) is 3.40. The molecule has 3 nitrogen and oxygen atoms in total. The quantitative estimate of drug-likeness (QED) is 0.883. The lowest BCUT2D eigenvalue weighted by Gasteiger charge is -2.33. The Hall–Kier alpha value is -1.06. The van der Waals surface area contributed by atoms with Gasteiger partial charge in [0.2, 0.25) is 0 Å². The minimum atomic E-state index is -0.996. The fourth-order valence-electron chi connectivity index (χ4n) is 2.26. The summed E-state index contributed by atoms with van der Waals surface area (Å²) in [6.07, 6.45) is 1.68. The van der Waals surface area contributed by atoms with Crippen LogP contribution in [-0.2, 0) is 10.4 Å². The van der Waals surface area contributed by atoms with Crippen LogP contribution >= 0.6 is 11.6 Å². The Morgan fingerprint density at radius 3 is 2.59 bits per heavy atom. The molecule has 1 aliphatic carbocycles. The lowest BCUT2D eigenvalue weighted by molar-refractivity contribution is -0.125. The molecule has 2 rings (SSSR count). The Bertz CT molecular complexity index is 432. The number of ether oxygens (including phenoxy) is 1. The number of hydrogen-bond acceptors (Lipinski definition) is 3. The van der Waals surface area contributed by atoms with Crippen molar-refractivity contribution in [2.24, 2.45) is 0 Å². The van der Waals surface area contributed by atoms with Gasteiger partial charge in [-0.3, -0.25) is 4.79 Å². The van der Waals surface area contributed by atoms with E-state index in [1.807, 2.05) is 0 Å². The standard InChI is InChI=1S/C13H15ClO3/c1-17-12-3-2-9(14)8-11(12)13(16)6-4-10(15)5-7-13/h2-3,8,16H,4-7H2,1H3. The van der Waals surface area contributed by atoms with Crippen LogP contribution in [0.3, 0.4) is 0 Å². The maximum absolute atomic E-state index is 11.2. The molecular weight excluding hydrogens is 240 g/mol. The highest BCUT2D eigenvalue weighted by atomic mass is 35.5. The lowest BCUT2D eigenvalue weighted by atomic mass is 9.79. The first-order chi connectivity index (χ1) is 8.05. The maximum atomic E-state index is 11.2. The number of hydrogen-bond donors (Lipinski definition) is 1. The van der Waals surface area contributed by atoms with E-state index in [1.54, 1.807) is 25.3 Å². The summed E-state index contributed by atoms with van der Waals surface area (Å²) < 4.78 is 5.24. The number of rotatable bonds is 2. The average molecular weight is 255 g/mol. The van der Waals surface area contributed by atoms with Crippen molar-refractivity contribution in [2.75, 3.05) is 7.11 Å². The lowest BCUT2D eigenvalue weighted by Crippen LogP contribution is -2.32. The van der Waals surface area contributed by atoms with E-state index in [0.29, 0.717) is 42.0 Å². The highest BCUT2D eigenvalue weighted by Gasteiger charge is 2.36. The smallest absolute Gasteiger partial charge is 0.133 e. The van der Waals surface area contributed by atoms with Gasteiger partial charge in [-0.2, -0.15) is 0 Å². The van der Waals surface area contributed by atoms with Gasteiger partial charge in [0.05, 0.1) is 12.7 Å². The molecule has 0 amide bonds. The highest BCUT2D eigenvalue weighted by Crippen LogP contribution is 2.41. The summed E-state index contributed by atoms with van der Waals surface area (Å²) in [6.45, 7) is 0. The van der Waals surface area contributed by atoms with E-state index < -0.39 is 5.60 Å². The van der Waals surface area contributed by atoms with Gasteiger partial charge in [0.1, 0.15) is 11.5 Å². The number of aliphatic hydroxyl groups is 1. The van der Waals surface area contributed by atoms with Gasteiger partial charge >= 0.3 is 0 Å². The van der Waals surface area contributed by atoms with E-state index in [4.69, 9.17) is 16.3 Å².